The summed E-state index contributed by atoms with van der Waals surface area (Å²) in [6.45, 7) is 9.72. The number of likely N-dealkylation sites (N-methyl/N-ethyl adjacent to an activating group) is 1. The highest BCUT2D eigenvalue weighted by Crippen LogP contribution is 2.30. The van der Waals surface area contributed by atoms with Gasteiger partial charge >= 0.3 is 0 Å². The van der Waals surface area contributed by atoms with Crippen LogP contribution in [0.4, 0.5) is 10.2 Å². The Hall–Kier alpha value is -3.43. The smallest absolute Gasteiger partial charge is 0.260 e. The first-order valence-corrected chi connectivity index (χ1v) is 12.8. The molecule has 0 N–H and O–H groups in total. The highest BCUT2D eigenvalue weighted by molar-refractivity contribution is 5.78. The van der Waals surface area contributed by atoms with E-state index in [1.165, 1.54) is 12.1 Å². The van der Waals surface area contributed by atoms with Gasteiger partial charge < -0.3 is 24.2 Å². The van der Waals surface area contributed by atoms with Crippen molar-refractivity contribution in [1.82, 2.24) is 19.6 Å². The minimum atomic E-state index is -0.316. The molecule has 1 saturated heterocycles. The number of hydrogen-bond donors (Lipinski definition) is 0. The van der Waals surface area contributed by atoms with Crippen molar-refractivity contribution in [3.8, 4) is 11.4 Å². The number of benzene rings is 2. The van der Waals surface area contributed by atoms with E-state index < -0.39 is 0 Å². The maximum Gasteiger partial charge on any atom is 0.260 e. The van der Waals surface area contributed by atoms with E-state index in [9.17, 15) is 9.18 Å². The second-order valence-corrected chi connectivity index (χ2v) is 9.11. The molecule has 1 fully saturated rings. The van der Waals surface area contributed by atoms with E-state index in [4.69, 9.17) is 14.6 Å². The van der Waals surface area contributed by atoms with Crippen molar-refractivity contribution in [3.63, 3.8) is 0 Å². The standard InChI is InChI=1S/C28H36FN5O3/c1-4-31-13-15-32(16-14-31)28-26(22(2)30-34(28)24-10-8-9-23(29)19-24)20-33(17-18-36-3)27(35)21-37-25-11-6-5-7-12-25/h5-12,19H,4,13-18,20-21H2,1-3H3. The van der Waals surface area contributed by atoms with Crippen molar-refractivity contribution in [3.05, 3.63) is 71.7 Å². The molecule has 2 heterocycles. The summed E-state index contributed by atoms with van der Waals surface area (Å²) in [5.74, 6) is 1.09. The number of carbonyl (C=O) groups is 1. The lowest BCUT2D eigenvalue weighted by atomic mass is 10.2. The zero-order valence-corrected chi connectivity index (χ0v) is 21.9. The number of amides is 1. The molecule has 0 aliphatic carbocycles. The van der Waals surface area contributed by atoms with Gasteiger partial charge in [0.05, 0.1) is 24.5 Å². The lowest BCUT2D eigenvalue weighted by Gasteiger charge is -2.36. The molecule has 0 spiro atoms. The molecule has 8 nitrogen and oxygen atoms in total. The van der Waals surface area contributed by atoms with E-state index in [1.807, 2.05) is 48.0 Å². The van der Waals surface area contributed by atoms with Crippen LogP contribution in [0, 0.1) is 12.7 Å². The molecule has 37 heavy (non-hydrogen) atoms. The number of hydrogen-bond acceptors (Lipinski definition) is 6. The van der Waals surface area contributed by atoms with Gasteiger partial charge in [-0.1, -0.05) is 31.2 Å². The Morgan fingerprint density at radius 1 is 1.08 bits per heavy atom. The van der Waals surface area contributed by atoms with Gasteiger partial charge in [-0.15, -0.1) is 0 Å². The molecule has 0 radical (unpaired) electrons. The Labute approximate surface area is 218 Å². The monoisotopic (exact) mass is 509 g/mol. The highest BCUT2D eigenvalue weighted by atomic mass is 19.1. The van der Waals surface area contributed by atoms with Gasteiger partial charge in [-0.3, -0.25) is 4.79 Å². The molecule has 2 aromatic carbocycles. The number of piperazine rings is 1. The van der Waals surface area contributed by atoms with Gasteiger partial charge in [-0.2, -0.15) is 5.10 Å². The van der Waals surface area contributed by atoms with Crippen LogP contribution in [-0.4, -0.2) is 85.1 Å². The van der Waals surface area contributed by atoms with Crippen molar-refractivity contribution >= 4 is 11.7 Å². The summed E-state index contributed by atoms with van der Waals surface area (Å²) in [5, 5.41) is 4.82. The van der Waals surface area contributed by atoms with Gasteiger partial charge in [0.1, 0.15) is 17.4 Å². The number of carbonyl (C=O) groups excluding carboxylic acids is 1. The third-order valence-electron chi connectivity index (χ3n) is 6.70. The number of rotatable bonds is 11. The third-order valence-corrected chi connectivity index (χ3v) is 6.70. The summed E-state index contributed by atoms with van der Waals surface area (Å²) in [6, 6.07) is 15.8. The second kappa shape index (κ2) is 12.7. The number of aromatic nitrogens is 2. The molecule has 0 saturated carbocycles. The molecule has 1 aromatic heterocycles. The molecule has 0 bridgehead atoms. The van der Waals surface area contributed by atoms with Crippen molar-refractivity contribution in [1.29, 1.82) is 0 Å². The van der Waals surface area contributed by atoms with Crippen LogP contribution >= 0.6 is 0 Å². The second-order valence-electron chi connectivity index (χ2n) is 9.11. The SMILES string of the molecule is CCN1CCN(c2c(CN(CCOC)C(=O)COc3ccccc3)c(C)nn2-c2cccc(F)c2)CC1. The fourth-order valence-corrected chi connectivity index (χ4v) is 4.56. The average Bonchev–Trinajstić information content (AvgIpc) is 3.25. The van der Waals surface area contributed by atoms with Crippen molar-refractivity contribution in [2.75, 3.05) is 64.5 Å². The van der Waals surface area contributed by atoms with E-state index in [-0.39, 0.29) is 18.3 Å². The minimum Gasteiger partial charge on any atom is -0.484 e. The van der Waals surface area contributed by atoms with E-state index in [0.29, 0.717) is 31.1 Å². The number of aryl methyl sites for hydroxylation is 1. The van der Waals surface area contributed by atoms with Gasteiger partial charge in [0, 0.05) is 45.4 Å². The Bertz CT molecular complexity index is 1160. The van der Waals surface area contributed by atoms with Crippen molar-refractivity contribution < 1.29 is 18.7 Å². The van der Waals surface area contributed by atoms with Gasteiger partial charge in [0.2, 0.25) is 0 Å². The van der Waals surface area contributed by atoms with E-state index in [2.05, 4.69) is 16.7 Å². The summed E-state index contributed by atoms with van der Waals surface area (Å²) in [6.07, 6.45) is 0. The van der Waals surface area contributed by atoms with E-state index in [1.54, 1.807) is 18.1 Å². The van der Waals surface area contributed by atoms with Crippen LogP contribution in [0.5, 0.6) is 5.75 Å². The number of halogens is 1. The van der Waals surface area contributed by atoms with Crippen LogP contribution in [0.2, 0.25) is 0 Å². The van der Waals surface area contributed by atoms with Gasteiger partial charge in [-0.25, -0.2) is 9.07 Å². The normalized spacial score (nSPS) is 14.1. The summed E-state index contributed by atoms with van der Waals surface area (Å²) in [4.78, 5) is 19.7. The topological polar surface area (TPSA) is 63.1 Å². The first-order chi connectivity index (χ1) is 18.0. The number of anilines is 1. The first-order valence-electron chi connectivity index (χ1n) is 12.8. The molecular formula is C28H36FN5O3. The Kier molecular flexibility index (Phi) is 9.14. The van der Waals surface area contributed by atoms with Crippen molar-refractivity contribution in [2.45, 2.75) is 20.4 Å². The molecule has 3 aromatic rings. The largest absolute Gasteiger partial charge is 0.484 e. The van der Waals surface area contributed by atoms with E-state index >= 15 is 0 Å². The molecule has 198 valence electrons. The maximum atomic E-state index is 14.2. The molecule has 9 heteroatoms. The van der Waals surface area contributed by atoms with Crippen molar-refractivity contribution in [2.24, 2.45) is 0 Å². The summed E-state index contributed by atoms with van der Waals surface area (Å²) >= 11 is 0. The van der Waals surface area contributed by atoms with Crippen LogP contribution < -0.4 is 9.64 Å². The maximum absolute atomic E-state index is 14.2. The van der Waals surface area contributed by atoms with Crippen LogP contribution in [0.25, 0.3) is 5.69 Å². The van der Waals surface area contributed by atoms with Crippen LogP contribution in [-0.2, 0) is 16.1 Å². The number of ether oxygens (including phenoxy) is 2. The first kappa shape index (κ1) is 26.6. The zero-order valence-electron chi connectivity index (χ0n) is 21.9. The number of nitrogens with zero attached hydrogens (tertiary/aromatic N) is 5. The molecule has 0 unspecified atom stereocenters. The Morgan fingerprint density at radius 3 is 2.51 bits per heavy atom. The van der Waals surface area contributed by atoms with Crippen LogP contribution in [0.1, 0.15) is 18.2 Å². The molecule has 1 amide bonds. The Morgan fingerprint density at radius 2 is 1.84 bits per heavy atom. The molecule has 1 aliphatic heterocycles. The zero-order chi connectivity index (χ0) is 26.2. The summed E-state index contributed by atoms with van der Waals surface area (Å²) in [5.41, 5.74) is 2.40. The number of methoxy groups -OCH3 is 1. The fraction of sp³-hybridized carbons (Fsp3) is 0.429. The third kappa shape index (κ3) is 6.67. The lowest BCUT2D eigenvalue weighted by molar-refractivity contribution is -0.134. The van der Waals surface area contributed by atoms with Crippen LogP contribution in [0.3, 0.4) is 0 Å². The Balaban J connectivity index is 1.64. The van der Waals surface area contributed by atoms with Crippen LogP contribution in [0.15, 0.2) is 54.6 Å². The fourth-order valence-electron chi connectivity index (χ4n) is 4.56. The molecule has 0 atom stereocenters. The predicted octanol–water partition coefficient (Wildman–Crippen LogP) is 3.52. The quantitative estimate of drug-likeness (QED) is 0.394. The summed E-state index contributed by atoms with van der Waals surface area (Å²) in [7, 11) is 1.62. The van der Waals surface area contributed by atoms with E-state index in [0.717, 1.165) is 49.8 Å². The average molecular weight is 510 g/mol. The predicted molar refractivity (Wildman–Crippen MR) is 142 cm³/mol. The van der Waals surface area contributed by atoms with Gasteiger partial charge in [-0.05, 0) is 43.8 Å². The van der Waals surface area contributed by atoms with Gasteiger partial charge in [0.15, 0.2) is 6.61 Å². The molecule has 1 aliphatic rings. The molecule has 4 rings (SSSR count). The number of para-hydroxylation sites is 1. The molecular weight excluding hydrogens is 473 g/mol. The highest BCUT2D eigenvalue weighted by Gasteiger charge is 2.27. The van der Waals surface area contributed by atoms with Gasteiger partial charge in [0.25, 0.3) is 5.91 Å². The lowest BCUT2D eigenvalue weighted by Crippen LogP contribution is -2.47. The summed E-state index contributed by atoms with van der Waals surface area (Å²) < 4.78 is 27.0. The minimum absolute atomic E-state index is 0.0741.